The van der Waals surface area contributed by atoms with Crippen molar-refractivity contribution >= 4 is 47.3 Å². The lowest BCUT2D eigenvalue weighted by Gasteiger charge is -2.28. The number of nitrogens with zero attached hydrogens (tertiary/aromatic N) is 2. The first-order valence-electron chi connectivity index (χ1n) is 15.9. The van der Waals surface area contributed by atoms with Crippen LogP contribution in [0, 0.1) is 13.8 Å². The van der Waals surface area contributed by atoms with Crippen LogP contribution in [0.5, 0.6) is 17.2 Å². The third-order valence-corrected chi connectivity index (χ3v) is 8.60. The van der Waals surface area contributed by atoms with Crippen molar-refractivity contribution in [1.29, 1.82) is 0 Å². The first-order valence-corrected chi connectivity index (χ1v) is 16.7. The van der Waals surface area contributed by atoms with Crippen LogP contribution >= 0.6 is 23.2 Å². The van der Waals surface area contributed by atoms with Crippen molar-refractivity contribution in [3.8, 4) is 22.9 Å². The molecule has 1 atom stereocenters. The Morgan fingerprint density at radius 1 is 0.980 bits per heavy atom. The maximum atomic E-state index is 12.7. The van der Waals surface area contributed by atoms with E-state index in [9.17, 15) is 14.4 Å². The summed E-state index contributed by atoms with van der Waals surface area (Å²) in [5, 5.41) is 10.6. The number of hydrogen-bond donors (Lipinski definition) is 3. The molecule has 3 amide bonds. The molecule has 1 aliphatic heterocycles. The van der Waals surface area contributed by atoms with Crippen LogP contribution in [0.1, 0.15) is 48.0 Å². The second-order valence-electron chi connectivity index (χ2n) is 11.5. The predicted octanol–water partition coefficient (Wildman–Crippen LogP) is 6.71. The highest BCUT2D eigenvalue weighted by Gasteiger charge is 2.32. The van der Waals surface area contributed by atoms with Crippen molar-refractivity contribution in [2.45, 2.75) is 40.3 Å². The van der Waals surface area contributed by atoms with Gasteiger partial charge in [0.05, 0.1) is 31.5 Å². The third-order valence-electron chi connectivity index (χ3n) is 8.01. The van der Waals surface area contributed by atoms with Crippen LogP contribution in [0.15, 0.2) is 83.1 Å². The quantitative estimate of drug-likeness (QED) is 0.0788. The Hall–Kier alpha value is -5.46. The fourth-order valence-corrected chi connectivity index (χ4v) is 6.03. The molecule has 2 heterocycles. The predicted molar refractivity (Wildman–Crippen MR) is 194 cm³/mol. The Labute approximate surface area is 305 Å². The fraction of sp³-hybridized carbons (Fsp3) is 0.243. The number of urea groups is 1. The molecule has 1 aliphatic rings. The van der Waals surface area contributed by atoms with Gasteiger partial charge in [-0.2, -0.15) is 5.10 Å². The molecule has 12 nitrogen and oxygen atoms in total. The Morgan fingerprint density at radius 2 is 1.75 bits per heavy atom. The summed E-state index contributed by atoms with van der Waals surface area (Å²) in [5.41, 5.74) is 8.20. The number of carbonyl (C=O) groups excluding carboxylic acids is 3. The van der Waals surface area contributed by atoms with Gasteiger partial charge in [0.15, 0.2) is 18.1 Å². The SMILES string of the molecule is CCOC(=O)C1=C(C)NC(=O)N[C@H]1c1ccc(OCC(=O)N/N=C/c2cc(C)n(-c3ccc(OCc4ccc(Cl)cc4Cl)cc3)c2C)c(OC)c1. The molecule has 1 aromatic heterocycles. The van der Waals surface area contributed by atoms with Gasteiger partial charge in [0.25, 0.3) is 5.91 Å². The highest BCUT2D eigenvalue weighted by atomic mass is 35.5. The van der Waals surface area contributed by atoms with E-state index in [0.29, 0.717) is 39.4 Å². The maximum absolute atomic E-state index is 12.7. The molecule has 0 spiro atoms. The lowest BCUT2D eigenvalue weighted by atomic mass is 9.95. The van der Waals surface area contributed by atoms with Gasteiger partial charge in [0, 0.05) is 43.9 Å². The minimum atomic E-state index is -0.778. The van der Waals surface area contributed by atoms with E-state index in [4.69, 9.17) is 42.1 Å². The van der Waals surface area contributed by atoms with Crippen molar-refractivity contribution in [2.24, 2.45) is 5.10 Å². The normalized spacial score (nSPS) is 14.2. The number of rotatable bonds is 13. The second-order valence-corrected chi connectivity index (χ2v) is 12.3. The number of methoxy groups -OCH3 is 1. The molecule has 0 unspecified atom stereocenters. The van der Waals surface area contributed by atoms with E-state index in [0.717, 1.165) is 28.2 Å². The largest absolute Gasteiger partial charge is 0.493 e. The molecule has 0 fully saturated rings. The molecule has 0 aliphatic carbocycles. The number of amides is 3. The number of aromatic nitrogens is 1. The number of benzene rings is 3. The maximum Gasteiger partial charge on any atom is 0.338 e. The average molecular weight is 735 g/mol. The topological polar surface area (TPSA) is 142 Å². The summed E-state index contributed by atoms with van der Waals surface area (Å²) in [7, 11) is 1.45. The summed E-state index contributed by atoms with van der Waals surface area (Å²) < 4.78 is 24.4. The standard InChI is InChI=1S/C37H37Cl2N5O7/c1-6-49-36(46)34-22(3)41-37(47)42-35(34)24-8-14-31(32(16-24)48-5)51-20-33(45)43-40-18-26-15-21(2)44(23(26)4)28-10-12-29(13-11-28)50-19-25-7-9-27(38)17-30(25)39/h7-18,35H,6,19-20H2,1-5H3,(H,43,45)(H2,41,42,47)/b40-18+/t35-/m0/s1. The van der Waals surface area contributed by atoms with Crippen LogP contribution in [0.2, 0.25) is 10.0 Å². The van der Waals surface area contributed by atoms with E-state index in [1.165, 1.54) is 7.11 Å². The first kappa shape index (κ1) is 36.8. The van der Waals surface area contributed by atoms with Gasteiger partial charge in [0.1, 0.15) is 12.4 Å². The highest BCUT2D eigenvalue weighted by molar-refractivity contribution is 6.35. The van der Waals surface area contributed by atoms with E-state index in [2.05, 4.69) is 25.7 Å². The molecule has 5 rings (SSSR count). The van der Waals surface area contributed by atoms with Crippen LogP contribution in [-0.2, 0) is 20.9 Å². The van der Waals surface area contributed by atoms with Crippen molar-refractivity contribution < 1.29 is 33.3 Å². The number of aryl methyl sites for hydroxylation is 1. The van der Waals surface area contributed by atoms with Crippen LogP contribution in [0.25, 0.3) is 5.69 Å². The molecular formula is C37H37Cl2N5O7. The van der Waals surface area contributed by atoms with Gasteiger partial charge >= 0.3 is 12.0 Å². The van der Waals surface area contributed by atoms with E-state index in [1.54, 1.807) is 50.4 Å². The molecule has 4 aromatic rings. The van der Waals surface area contributed by atoms with E-state index in [1.807, 2.05) is 50.2 Å². The second kappa shape index (κ2) is 16.5. The van der Waals surface area contributed by atoms with Gasteiger partial charge in [-0.15, -0.1) is 0 Å². The molecule has 0 bridgehead atoms. The molecule has 266 valence electrons. The van der Waals surface area contributed by atoms with Crippen molar-refractivity contribution in [2.75, 3.05) is 20.3 Å². The monoisotopic (exact) mass is 733 g/mol. The average Bonchev–Trinajstić information content (AvgIpc) is 3.38. The Bertz CT molecular complexity index is 2010. The van der Waals surface area contributed by atoms with Crippen molar-refractivity contribution in [3.05, 3.63) is 116 Å². The van der Waals surface area contributed by atoms with Crippen LogP contribution in [0.3, 0.4) is 0 Å². The van der Waals surface area contributed by atoms with Crippen LogP contribution in [-0.4, -0.2) is 49.0 Å². The van der Waals surface area contributed by atoms with Gasteiger partial charge in [-0.3, -0.25) is 4.79 Å². The molecule has 3 N–H and O–H groups in total. The van der Waals surface area contributed by atoms with Gasteiger partial charge in [-0.25, -0.2) is 15.0 Å². The molecule has 51 heavy (non-hydrogen) atoms. The minimum Gasteiger partial charge on any atom is -0.493 e. The Morgan fingerprint density at radius 3 is 2.45 bits per heavy atom. The van der Waals surface area contributed by atoms with Gasteiger partial charge in [-0.1, -0.05) is 35.3 Å². The summed E-state index contributed by atoms with van der Waals surface area (Å²) in [6, 6.07) is 18.6. The zero-order chi connectivity index (χ0) is 36.7. The molecule has 0 saturated carbocycles. The molecule has 0 radical (unpaired) electrons. The summed E-state index contributed by atoms with van der Waals surface area (Å²) in [6.07, 6.45) is 1.57. The Balaban J connectivity index is 1.18. The number of carbonyl (C=O) groups is 3. The summed E-state index contributed by atoms with van der Waals surface area (Å²) in [6.45, 7) is 7.42. The summed E-state index contributed by atoms with van der Waals surface area (Å²) >= 11 is 12.2. The van der Waals surface area contributed by atoms with E-state index >= 15 is 0 Å². The smallest absolute Gasteiger partial charge is 0.338 e. The molecule has 14 heteroatoms. The van der Waals surface area contributed by atoms with Crippen LogP contribution < -0.4 is 30.3 Å². The zero-order valence-electron chi connectivity index (χ0n) is 28.6. The van der Waals surface area contributed by atoms with Gasteiger partial charge in [-0.05, 0) is 87.9 Å². The number of allylic oxidation sites excluding steroid dienone is 1. The lowest BCUT2D eigenvalue weighted by Crippen LogP contribution is -2.45. The van der Waals surface area contributed by atoms with Crippen LogP contribution in [0.4, 0.5) is 4.79 Å². The first-order chi connectivity index (χ1) is 24.5. The van der Waals surface area contributed by atoms with E-state index in [-0.39, 0.29) is 24.5 Å². The van der Waals surface area contributed by atoms with Crippen molar-refractivity contribution in [3.63, 3.8) is 0 Å². The molecule has 3 aromatic carbocycles. The van der Waals surface area contributed by atoms with E-state index < -0.39 is 23.9 Å². The number of hydrogen-bond acceptors (Lipinski definition) is 8. The lowest BCUT2D eigenvalue weighted by molar-refractivity contribution is -0.139. The molecule has 0 saturated heterocycles. The number of nitrogens with one attached hydrogen (secondary N) is 3. The van der Waals surface area contributed by atoms with Gasteiger partial charge in [0.2, 0.25) is 0 Å². The third kappa shape index (κ3) is 8.83. The molecular weight excluding hydrogens is 697 g/mol. The summed E-state index contributed by atoms with van der Waals surface area (Å²) in [5.74, 6) is 0.236. The number of hydrazone groups is 1. The van der Waals surface area contributed by atoms with Crippen molar-refractivity contribution in [1.82, 2.24) is 20.6 Å². The number of halogens is 2. The minimum absolute atomic E-state index is 0.180. The number of esters is 1. The zero-order valence-corrected chi connectivity index (χ0v) is 30.1. The van der Waals surface area contributed by atoms with Gasteiger partial charge < -0.3 is 34.1 Å². The highest BCUT2D eigenvalue weighted by Crippen LogP contribution is 2.35. The fourth-order valence-electron chi connectivity index (χ4n) is 5.56. The number of ether oxygens (including phenoxy) is 4. The summed E-state index contributed by atoms with van der Waals surface area (Å²) in [4.78, 5) is 37.5. The Kier molecular flexibility index (Phi) is 11.9.